The molecule has 1 heterocycles. The maximum atomic E-state index is 12.4. The number of amides is 1. The highest BCUT2D eigenvalue weighted by Crippen LogP contribution is 2.23. The van der Waals surface area contributed by atoms with Crippen LogP contribution in [-0.2, 0) is 4.79 Å². The van der Waals surface area contributed by atoms with Gasteiger partial charge in [0.15, 0.2) is 5.60 Å². The van der Waals surface area contributed by atoms with Gasteiger partial charge in [0.25, 0.3) is 5.91 Å². The van der Waals surface area contributed by atoms with Crippen LogP contribution in [0.25, 0.3) is 0 Å². The summed E-state index contributed by atoms with van der Waals surface area (Å²) in [5, 5.41) is 6.22. The van der Waals surface area contributed by atoms with Gasteiger partial charge in [0.1, 0.15) is 10.8 Å². The van der Waals surface area contributed by atoms with E-state index < -0.39 is 5.60 Å². The van der Waals surface area contributed by atoms with Gasteiger partial charge in [-0.25, -0.2) is 4.98 Å². The molecular weight excluding hydrogens is 308 g/mol. The van der Waals surface area contributed by atoms with Gasteiger partial charge >= 0.3 is 0 Å². The Labute approximate surface area is 133 Å². The Morgan fingerprint density at radius 2 is 2.24 bits per heavy atom. The number of halogens is 1. The molecule has 0 bridgehead atoms. The Balaban J connectivity index is 2.03. The van der Waals surface area contributed by atoms with Crippen molar-refractivity contribution in [1.82, 2.24) is 10.3 Å². The minimum absolute atomic E-state index is 0.153. The summed E-state index contributed by atoms with van der Waals surface area (Å²) in [6, 6.07) is 6.83. The van der Waals surface area contributed by atoms with Gasteiger partial charge in [0, 0.05) is 16.6 Å². The van der Waals surface area contributed by atoms with Crippen LogP contribution in [-0.4, -0.2) is 16.5 Å². The van der Waals surface area contributed by atoms with Crippen molar-refractivity contribution >= 4 is 28.8 Å². The highest BCUT2D eigenvalue weighted by molar-refractivity contribution is 7.09. The van der Waals surface area contributed by atoms with E-state index in [4.69, 9.17) is 16.3 Å². The minimum Gasteiger partial charge on any atom is -0.478 e. The lowest BCUT2D eigenvalue weighted by Crippen LogP contribution is -2.47. The number of ether oxygens (including phenoxy) is 1. The Morgan fingerprint density at radius 3 is 2.86 bits per heavy atom. The molecule has 4 nitrogen and oxygen atoms in total. The first kappa shape index (κ1) is 15.8. The fourth-order valence-corrected chi connectivity index (χ4v) is 2.58. The summed E-state index contributed by atoms with van der Waals surface area (Å²) in [5.74, 6) is 0.356. The highest BCUT2D eigenvalue weighted by atomic mass is 35.5. The van der Waals surface area contributed by atoms with Crippen molar-refractivity contribution in [2.75, 3.05) is 0 Å². The molecule has 0 aliphatic heterocycles. The van der Waals surface area contributed by atoms with Crippen molar-refractivity contribution in [3.05, 3.63) is 45.9 Å². The van der Waals surface area contributed by atoms with Crippen molar-refractivity contribution in [2.45, 2.75) is 32.4 Å². The number of hydrogen-bond acceptors (Lipinski definition) is 4. The molecule has 1 atom stereocenters. The second-order valence-corrected chi connectivity index (χ2v) is 6.50. The Hall–Kier alpha value is -1.59. The Morgan fingerprint density at radius 1 is 1.48 bits per heavy atom. The van der Waals surface area contributed by atoms with Crippen molar-refractivity contribution < 1.29 is 9.53 Å². The molecule has 2 aromatic rings. The van der Waals surface area contributed by atoms with E-state index in [-0.39, 0.29) is 11.9 Å². The molecule has 0 radical (unpaired) electrons. The summed E-state index contributed by atoms with van der Waals surface area (Å²) in [5.41, 5.74) is -1.00. The molecule has 112 valence electrons. The fourth-order valence-electron chi connectivity index (χ4n) is 1.75. The van der Waals surface area contributed by atoms with Gasteiger partial charge in [0.05, 0.1) is 6.04 Å². The predicted octanol–water partition coefficient (Wildman–Crippen LogP) is 3.83. The minimum atomic E-state index is -1.00. The smallest absolute Gasteiger partial charge is 0.264 e. The van der Waals surface area contributed by atoms with Gasteiger partial charge in [-0.2, -0.15) is 0 Å². The first-order valence-electron chi connectivity index (χ1n) is 6.53. The van der Waals surface area contributed by atoms with Crippen LogP contribution in [0.15, 0.2) is 35.8 Å². The van der Waals surface area contributed by atoms with Crippen molar-refractivity contribution in [3.8, 4) is 5.75 Å². The van der Waals surface area contributed by atoms with E-state index >= 15 is 0 Å². The van der Waals surface area contributed by atoms with Crippen molar-refractivity contribution in [3.63, 3.8) is 0 Å². The van der Waals surface area contributed by atoms with Crippen LogP contribution in [0.5, 0.6) is 5.75 Å². The van der Waals surface area contributed by atoms with Crippen LogP contribution >= 0.6 is 22.9 Å². The average molecular weight is 325 g/mol. The molecule has 2 rings (SSSR count). The monoisotopic (exact) mass is 324 g/mol. The third kappa shape index (κ3) is 4.19. The van der Waals surface area contributed by atoms with Gasteiger partial charge in [0.2, 0.25) is 0 Å². The summed E-state index contributed by atoms with van der Waals surface area (Å²) in [4.78, 5) is 16.6. The molecule has 1 amide bonds. The van der Waals surface area contributed by atoms with Gasteiger partial charge in [-0.1, -0.05) is 17.7 Å². The second-order valence-electron chi connectivity index (χ2n) is 5.14. The van der Waals surface area contributed by atoms with E-state index in [1.54, 1.807) is 44.3 Å². The largest absolute Gasteiger partial charge is 0.478 e. The van der Waals surface area contributed by atoms with E-state index in [9.17, 15) is 4.79 Å². The zero-order valence-electron chi connectivity index (χ0n) is 12.1. The van der Waals surface area contributed by atoms with Gasteiger partial charge in [-0.15, -0.1) is 11.3 Å². The van der Waals surface area contributed by atoms with E-state index in [0.29, 0.717) is 10.8 Å². The lowest BCUT2D eigenvalue weighted by molar-refractivity contribution is -0.134. The number of carbonyl (C=O) groups excluding carboxylic acids is 1. The molecule has 21 heavy (non-hydrogen) atoms. The number of nitrogens with one attached hydrogen (secondary N) is 1. The van der Waals surface area contributed by atoms with Gasteiger partial charge in [-0.3, -0.25) is 4.79 Å². The van der Waals surface area contributed by atoms with Gasteiger partial charge < -0.3 is 10.1 Å². The quantitative estimate of drug-likeness (QED) is 0.909. The van der Waals surface area contributed by atoms with Crippen LogP contribution in [0.1, 0.15) is 31.8 Å². The second kappa shape index (κ2) is 6.45. The number of aromatic nitrogens is 1. The number of benzene rings is 1. The van der Waals surface area contributed by atoms with Crippen LogP contribution in [0.4, 0.5) is 0 Å². The van der Waals surface area contributed by atoms with Crippen molar-refractivity contribution in [2.24, 2.45) is 0 Å². The van der Waals surface area contributed by atoms with E-state index in [2.05, 4.69) is 10.3 Å². The van der Waals surface area contributed by atoms with Crippen LogP contribution < -0.4 is 10.1 Å². The van der Waals surface area contributed by atoms with Crippen LogP contribution in [0, 0.1) is 0 Å². The van der Waals surface area contributed by atoms with Crippen LogP contribution in [0.2, 0.25) is 5.02 Å². The highest BCUT2D eigenvalue weighted by Gasteiger charge is 2.31. The number of carbonyl (C=O) groups is 1. The van der Waals surface area contributed by atoms with E-state index in [1.165, 1.54) is 11.3 Å². The zero-order chi connectivity index (χ0) is 15.5. The fraction of sp³-hybridized carbons (Fsp3) is 0.333. The number of rotatable bonds is 5. The average Bonchev–Trinajstić information content (AvgIpc) is 2.91. The molecule has 1 aromatic heterocycles. The molecule has 0 saturated carbocycles. The lowest BCUT2D eigenvalue weighted by atomic mass is 10.1. The number of thiazole rings is 1. The lowest BCUT2D eigenvalue weighted by Gasteiger charge is -2.26. The topological polar surface area (TPSA) is 51.2 Å². The Kier molecular flexibility index (Phi) is 4.85. The third-order valence-electron chi connectivity index (χ3n) is 2.89. The first-order valence-corrected chi connectivity index (χ1v) is 7.79. The summed E-state index contributed by atoms with van der Waals surface area (Å²) in [6.45, 7) is 5.34. The maximum Gasteiger partial charge on any atom is 0.264 e. The molecule has 0 fully saturated rings. The molecule has 1 aromatic carbocycles. The molecule has 1 N–H and O–H groups in total. The summed E-state index contributed by atoms with van der Waals surface area (Å²) in [7, 11) is 0. The van der Waals surface area contributed by atoms with Gasteiger partial charge in [-0.05, 0) is 39.0 Å². The summed E-state index contributed by atoms with van der Waals surface area (Å²) >= 11 is 7.42. The zero-order valence-corrected chi connectivity index (χ0v) is 13.7. The summed E-state index contributed by atoms with van der Waals surface area (Å²) < 4.78 is 5.75. The molecule has 6 heteroatoms. The third-order valence-corrected chi connectivity index (χ3v) is 4.08. The van der Waals surface area contributed by atoms with Crippen molar-refractivity contribution in [1.29, 1.82) is 0 Å². The van der Waals surface area contributed by atoms with E-state index in [1.807, 2.05) is 12.3 Å². The van der Waals surface area contributed by atoms with E-state index in [0.717, 1.165) is 5.01 Å². The molecule has 0 saturated heterocycles. The molecule has 0 unspecified atom stereocenters. The number of hydrogen-bond donors (Lipinski definition) is 1. The standard InChI is InChI=1S/C15H17ClN2O2S/c1-10(13-17-7-8-21-13)18-14(19)15(2,3)20-12-6-4-5-11(16)9-12/h4-10H,1-3H3,(H,18,19)/t10-/m1/s1. The SMILES string of the molecule is C[C@@H](NC(=O)C(C)(C)Oc1cccc(Cl)c1)c1nccs1. The molecule has 0 aliphatic rings. The molecule has 0 spiro atoms. The molecular formula is C15H17ClN2O2S. The first-order chi connectivity index (χ1) is 9.88. The Bertz CT molecular complexity index is 614. The number of nitrogens with zero attached hydrogens (tertiary/aromatic N) is 1. The van der Waals surface area contributed by atoms with Crippen LogP contribution in [0.3, 0.4) is 0 Å². The molecule has 0 aliphatic carbocycles. The maximum absolute atomic E-state index is 12.4. The summed E-state index contributed by atoms with van der Waals surface area (Å²) in [6.07, 6.45) is 1.72. The normalized spacial score (nSPS) is 12.8. The predicted molar refractivity (Wildman–Crippen MR) is 84.8 cm³/mol.